The first-order chi connectivity index (χ1) is 12.6. The number of nitrogens with zero attached hydrogens (tertiary/aromatic N) is 2. The number of aromatic nitrogens is 2. The van der Waals surface area contributed by atoms with E-state index in [2.05, 4.69) is 32.0 Å². The van der Waals surface area contributed by atoms with Gasteiger partial charge in [0.2, 0.25) is 0 Å². The lowest BCUT2D eigenvalue weighted by Gasteiger charge is -2.04. The summed E-state index contributed by atoms with van der Waals surface area (Å²) in [5.74, 6) is 0.264. The number of allylic oxidation sites excluding steroid dienone is 1. The highest BCUT2D eigenvalue weighted by Gasteiger charge is 2.09. The molecule has 1 heterocycles. The molecule has 0 amide bonds. The highest BCUT2D eigenvalue weighted by Crippen LogP contribution is 2.21. The van der Waals surface area contributed by atoms with Crippen molar-refractivity contribution in [3.8, 4) is 6.07 Å². The lowest BCUT2D eigenvalue weighted by atomic mass is 10.0. The van der Waals surface area contributed by atoms with E-state index < -0.39 is 0 Å². The number of aromatic amines is 1. The third kappa shape index (κ3) is 3.03. The smallest absolute Gasteiger partial charge is 0.259 e. The minimum absolute atomic E-state index is 0.264. The van der Waals surface area contributed by atoms with Crippen molar-refractivity contribution in [1.29, 1.82) is 5.26 Å². The van der Waals surface area contributed by atoms with Gasteiger partial charge in [-0.2, -0.15) is 5.26 Å². The Morgan fingerprint density at radius 2 is 1.88 bits per heavy atom. The Kier molecular flexibility index (Phi) is 4.11. The number of nitrogens with one attached hydrogen (secondary N) is 1. The van der Waals surface area contributed by atoms with E-state index >= 15 is 0 Å². The molecule has 26 heavy (non-hydrogen) atoms. The van der Waals surface area contributed by atoms with Crippen LogP contribution in [0.1, 0.15) is 11.4 Å². The van der Waals surface area contributed by atoms with Crippen LogP contribution in [0, 0.1) is 11.3 Å². The molecule has 0 fully saturated rings. The van der Waals surface area contributed by atoms with Crippen molar-refractivity contribution in [2.45, 2.75) is 0 Å². The maximum atomic E-state index is 12.3. The second-order valence-corrected chi connectivity index (χ2v) is 6.77. The summed E-state index contributed by atoms with van der Waals surface area (Å²) in [6.45, 7) is 0. The van der Waals surface area contributed by atoms with E-state index in [0.29, 0.717) is 16.5 Å². The van der Waals surface area contributed by atoms with Crippen LogP contribution in [0.25, 0.3) is 33.3 Å². The first kappa shape index (κ1) is 16.2. The Morgan fingerprint density at radius 1 is 1.08 bits per heavy atom. The summed E-state index contributed by atoms with van der Waals surface area (Å²) in [4.78, 5) is 19.5. The van der Waals surface area contributed by atoms with Gasteiger partial charge >= 0.3 is 0 Å². The summed E-state index contributed by atoms with van der Waals surface area (Å²) in [6, 6.07) is 21.4. The maximum absolute atomic E-state index is 12.3. The van der Waals surface area contributed by atoms with Gasteiger partial charge in [0.25, 0.3) is 5.56 Å². The second-order valence-electron chi connectivity index (χ2n) is 5.85. The van der Waals surface area contributed by atoms with Crippen molar-refractivity contribution in [3.05, 3.63) is 86.9 Å². The number of H-pyrrole nitrogens is 1. The highest BCUT2D eigenvalue weighted by molar-refractivity contribution is 9.10. The largest absolute Gasteiger partial charge is 0.305 e. The van der Waals surface area contributed by atoms with Crippen molar-refractivity contribution in [2.24, 2.45) is 0 Å². The topological polar surface area (TPSA) is 69.5 Å². The van der Waals surface area contributed by atoms with Gasteiger partial charge in [-0.3, -0.25) is 4.79 Å². The molecule has 0 saturated carbocycles. The number of benzene rings is 3. The van der Waals surface area contributed by atoms with Crippen LogP contribution in [-0.4, -0.2) is 9.97 Å². The molecule has 0 spiro atoms. The van der Waals surface area contributed by atoms with Crippen LogP contribution < -0.4 is 5.56 Å². The van der Waals surface area contributed by atoms with Gasteiger partial charge in [-0.25, -0.2) is 4.98 Å². The molecule has 5 heteroatoms. The first-order valence-corrected chi connectivity index (χ1v) is 8.74. The number of fused-ring (bicyclic) bond motifs is 2. The Morgan fingerprint density at radius 3 is 2.69 bits per heavy atom. The summed E-state index contributed by atoms with van der Waals surface area (Å²) < 4.78 is 0.803. The third-order valence-corrected chi connectivity index (χ3v) is 4.62. The second kappa shape index (κ2) is 6.58. The fraction of sp³-hybridized carbons (Fsp3) is 0. The molecule has 1 N–H and O–H groups in total. The molecule has 4 aromatic rings. The van der Waals surface area contributed by atoms with Crippen molar-refractivity contribution in [1.82, 2.24) is 9.97 Å². The molecule has 0 radical (unpaired) electrons. The minimum atomic E-state index is -0.272. The van der Waals surface area contributed by atoms with Crippen molar-refractivity contribution >= 4 is 49.3 Å². The van der Waals surface area contributed by atoms with Crippen LogP contribution in [0.5, 0.6) is 0 Å². The summed E-state index contributed by atoms with van der Waals surface area (Å²) in [7, 11) is 0. The summed E-state index contributed by atoms with van der Waals surface area (Å²) in [5, 5.41) is 12.3. The Hall–Kier alpha value is -3.23. The zero-order valence-corrected chi connectivity index (χ0v) is 15.1. The Balaban J connectivity index is 1.85. The fourth-order valence-corrected chi connectivity index (χ4v) is 3.22. The van der Waals surface area contributed by atoms with Gasteiger partial charge < -0.3 is 4.98 Å². The quantitative estimate of drug-likeness (QED) is 0.485. The lowest BCUT2D eigenvalue weighted by molar-refractivity contribution is 1.13. The van der Waals surface area contributed by atoms with Crippen LogP contribution >= 0.6 is 15.9 Å². The number of rotatable bonds is 2. The molecule has 0 atom stereocenters. The van der Waals surface area contributed by atoms with Gasteiger partial charge in [-0.1, -0.05) is 52.3 Å². The van der Waals surface area contributed by atoms with Gasteiger partial charge in [0.05, 0.1) is 16.5 Å². The standard InChI is InChI=1S/C21H12BrN3O/c22-17-7-8-19-18(11-17)21(26)25-20(24-19)16(12-23)10-13-5-6-14-3-1-2-4-15(14)9-13/h1-11H,(H,24,25,26)/b16-10+. The first-order valence-electron chi connectivity index (χ1n) is 7.94. The zero-order chi connectivity index (χ0) is 18.1. The molecule has 4 rings (SSSR count). The Labute approximate surface area is 157 Å². The molecule has 1 aromatic heterocycles. The van der Waals surface area contributed by atoms with E-state index in [1.54, 1.807) is 18.2 Å². The molecule has 3 aromatic carbocycles. The zero-order valence-electron chi connectivity index (χ0n) is 13.5. The van der Waals surface area contributed by atoms with E-state index in [9.17, 15) is 10.1 Å². The minimum Gasteiger partial charge on any atom is -0.305 e. The molecule has 0 saturated heterocycles. The maximum Gasteiger partial charge on any atom is 0.259 e. The van der Waals surface area contributed by atoms with Crippen LogP contribution in [-0.2, 0) is 0 Å². The molecule has 0 bridgehead atoms. The molecule has 0 aliphatic rings. The predicted molar refractivity (Wildman–Crippen MR) is 107 cm³/mol. The summed E-state index contributed by atoms with van der Waals surface area (Å²) >= 11 is 3.35. The van der Waals surface area contributed by atoms with Crippen molar-refractivity contribution in [2.75, 3.05) is 0 Å². The van der Waals surface area contributed by atoms with Crippen molar-refractivity contribution in [3.63, 3.8) is 0 Å². The van der Waals surface area contributed by atoms with Gasteiger partial charge in [0.15, 0.2) is 5.82 Å². The van der Waals surface area contributed by atoms with E-state index in [0.717, 1.165) is 20.8 Å². The highest BCUT2D eigenvalue weighted by atomic mass is 79.9. The summed E-state index contributed by atoms with van der Waals surface area (Å²) in [5.41, 5.74) is 1.46. The summed E-state index contributed by atoms with van der Waals surface area (Å²) in [6.07, 6.45) is 1.73. The van der Waals surface area contributed by atoms with E-state index in [1.165, 1.54) is 0 Å². The fourth-order valence-electron chi connectivity index (χ4n) is 2.86. The van der Waals surface area contributed by atoms with E-state index in [1.807, 2.05) is 48.5 Å². The molecular formula is C21H12BrN3O. The van der Waals surface area contributed by atoms with Crippen LogP contribution in [0.3, 0.4) is 0 Å². The molecule has 0 aliphatic carbocycles. The van der Waals surface area contributed by atoms with Crippen LogP contribution in [0.2, 0.25) is 0 Å². The average molecular weight is 402 g/mol. The third-order valence-electron chi connectivity index (χ3n) is 4.13. The Bertz CT molecular complexity index is 1280. The lowest BCUT2D eigenvalue weighted by Crippen LogP contribution is -2.11. The molecule has 0 aliphatic heterocycles. The van der Waals surface area contributed by atoms with Gasteiger partial charge in [0.1, 0.15) is 6.07 Å². The van der Waals surface area contributed by atoms with Crippen LogP contribution in [0.15, 0.2) is 69.9 Å². The monoisotopic (exact) mass is 401 g/mol. The molecule has 124 valence electrons. The van der Waals surface area contributed by atoms with E-state index in [-0.39, 0.29) is 11.4 Å². The molecular weight excluding hydrogens is 390 g/mol. The van der Waals surface area contributed by atoms with Gasteiger partial charge in [-0.05, 0) is 46.7 Å². The molecule has 4 nitrogen and oxygen atoms in total. The normalized spacial score (nSPS) is 11.6. The average Bonchev–Trinajstić information content (AvgIpc) is 2.66. The number of halogens is 1. The van der Waals surface area contributed by atoms with Crippen molar-refractivity contribution < 1.29 is 0 Å². The predicted octanol–water partition coefficient (Wildman–Crippen LogP) is 4.90. The number of nitriles is 1. The SMILES string of the molecule is N#C/C(=C\c1ccc2ccccc2c1)c1nc2ccc(Br)cc2c(=O)[nH]1. The van der Waals surface area contributed by atoms with Crippen LogP contribution in [0.4, 0.5) is 0 Å². The van der Waals surface area contributed by atoms with Gasteiger partial charge in [0, 0.05) is 4.47 Å². The molecule has 0 unspecified atom stereocenters. The van der Waals surface area contributed by atoms with E-state index in [4.69, 9.17) is 0 Å². The number of hydrogen-bond acceptors (Lipinski definition) is 3. The number of hydrogen-bond donors (Lipinski definition) is 1. The van der Waals surface area contributed by atoms with Gasteiger partial charge in [-0.15, -0.1) is 0 Å².